The Labute approximate surface area is 75.2 Å². The highest BCUT2D eigenvalue weighted by atomic mass is 16.3. The van der Waals surface area contributed by atoms with Crippen LogP contribution in [0.4, 0.5) is 0 Å². The van der Waals surface area contributed by atoms with Gasteiger partial charge in [0.25, 0.3) is 0 Å². The molecule has 1 aromatic rings. The molecule has 1 atom stereocenters. The minimum absolute atomic E-state index is 0.198. The Morgan fingerprint density at radius 2 is 1.62 bits per heavy atom. The molecule has 0 aromatic heterocycles. The van der Waals surface area contributed by atoms with Crippen LogP contribution in [0.15, 0.2) is 12.1 Å². The third-order valence-electron chi connectivity index (χ3n) is 1.77. The Hall–Kier alpha value is -1.46. The van der Waals surface area contributed by atoms with E-state index in [0.717, 1.165) is 0 Å². The summed E-state index contributed by atoms with van der Waals surface area (Å²) in [6.07, 6.45) is 0. The maximum absolute atomic E-state index is 9.12. The van der Waals surface area contributed by atoms with Crippen molar-refractivity contribution in [3.05, 3.63) is 17.7 Å². The first-order chi connectivity index (χ1) is 6.06. The van der Waals surface area contributed by atoms with Gasteiger partial charge >= 0.3 is 0 Å². The summed E-state index contributed by atoms with van der Waals surface area (Å²) >= 11 is 0. The van der Waals surface area contributed by atoms with Gasteiger partial charge in [-0.05, 0) is 17.7 Å². The molecule has 1 unspecified atom stereocenters. The fourth-order valence-corrected chi connectivity index (χ4v) is 0.975. The lowest BCUT2D eigenvalue weighted by Crippen LogP contribution is -2.20. The highest BCUT2D eigenvalue weighted by molar-refractivity contribution is 5.51. The van der Waals surface area contributed by atoms with Gasteiger partial charge in [-0.15, -0.1) is 0 Å². The number of hydrogen-bond acceptors (Lipinski definition) is 5. The number of benzene rings is 1. The van der Waals surface area contributed by atoms with Crippen molar-refractivity contribution < 1.29 is 15.3 Å². The first kappa shape index (κ1) is 9.63. The van der Waals surface area contributed by atoms with Crippen LogP contribution in [0.5, 0.6) is 17.2 Å². The summed E-state index contributed by atoms with van der Waals surface area (Å²) in [6.45, 7) is 0.198. The van der Waals surface area contributed by atoms with E-state index in [1.165, 1.54) is 12.1 Å². The fourth-order valence-electron chi connectivity index (χ4n) is 0.975. The van der Waals surface area contributed by atoms with E-state index in [1.807, 2.05) is 0 Å². The van der Waals surface area contributed by atoms with Gasteiger partial charge < -0.3 is 26.8 Å². The molecule has 0 aliphatic rings. The van der Waals surface area contributed by atoms with Gasteiger partial charge in [-0.3, -0.25) is 0 Å². The van der Waals surface area contributed by atoms with Crippen LogP contribution in [0, 0.1) is 0 Å². The molecule has 0 radical (unpaired) electrons. The average molecular weight is 184 g/mol. The Bertz CT molecular complexity index is 291. The first-order valence-corrected chi connectivity index (χ1v) is 3.76. The molecule has 1 rings (SSSR count). The standard InChI is InChI=1S/C8H12N2O3/c9-3-5(10)4-1-6(11)8(13)7(12)2-4/h1-2,5,11-13H,3,9-10H2. The molecule has 72 valence electrons. The van der Waals surface area contributed by atoms with Crippen molar-refractivity contribution in [2.24, 2.45) is 11.5 Å². The molecule has 0 bridgehead atoms. The molecule has 5 nitrogen and oxygen atoms in total. The van der Waals surface area contributed by atoms with Gasteiger partial charge in [-0.25, -0.2) is 0 Å². The van der Waals surface area contributed by atoms with Gasteiger partial charge in [0.05, 0.1) is 0 Å². The summed E-state index contributed by atoms with van der Waals surface area (Å²) in [5.74, 6) is -1.36. The van der Waals surface area contributed by atoms with E-state index in [9.17, 15) is 0 Å². The predicted molar refractivity (Wildman–Crippen MR) is 47.4 cm³/mol. The monoisotopic (exact) mass is 184 g/mol. The zero-order valence-corrected chi connectivity index (χ0v) is 6.94. The summed E-state index contributed by atoms with van der Waals surface area (Å²) < 4.78 is 0. The quantitative estimate of drug-likeness (QED) is 0.407. The molecule has 13 heavy (non-hydrogen) atoms. The second kappa shape index (κ2) is 3.51. The molecular formula is C8H12N2O3. The number of nitrogens with two attached hydrogens (primary N) is 2. The zero-order chi connectivity index (χ0) is 10.0. The second-order valence-corrected chi connectivity index (χ2v) is 2.75. The molecule has 0 aliphatic heterocycles. The lowest BCUT2D eigenvalue weighted by Gasteiger charge is -2.10. The van der Waals surface area contributed by atoms with Crippen LogP contribution in [0.3, 0.4) is 0 Å². The first-order valence-electron chi connectivity index (χ1n) is 3.76. The molecule has 7 N–H and O–H groups in total. The highest BCUT2D eigenvalue weighted by Gasteiger charge is 2.11. The molecule has 0 heterocycles. The van der Waals surface area contributed by atoms with Crippen molar-refractivity contribution in [1.82, 2.24) is 0 Å². The summed E-state index contributed by atoms with van der Waals surface area (Å²) in [4.78, 5) is 0. The number of hydrogen-bond donors (Lipinski definition) is 5. The topological polar surface area (TPSA) is 113 Å². The SMILES string of the molecule is NCC(N)c1cc(O)c(O)c(O)c1. The summed E-state index contributed by atoms with van der Waals surface area (Å²) in [7, 11) is 0. The molecule has 0 fully saturated rings. The molecule has 5 heteroatoms. The molecule has 0 saturated heterocycles. The van der Waals surface area contributed by atoms with Gasteiger partial charge in [0.15, 0.2) is 17.2 Å². The summed E-state index contributed by atoms with van der Waals surface area (Å²) in [5, 5.41) is 27.3. The van der Waals surface area contributed by atoms with E-state index < -0.39 is 23.3 Å². The Morgan fingerprint density at radius 3 is 2.00 bits per heavy atom. The average Bonchev–Trinajstić information content (AvgIpc) is 2.12. The second-order valence-electron chi connectivity index (χ2n) is 2.75. The van der Waals surface area contributed by atoms with Gasteiger partial charge in [-0.1, -0.05) is 0 Å². The minimum atomic E-state index is -0.548. The van der Waals surface area contributed by atoms with Crippen LogP contribution >= 0.6 is 0 Å². The van der Waals surface area contributed by atoms with Gasteiger partial charge in [0, 0.05) is 12.6 Å². The summed E-state index contributed by atoms with van der Waals surface area (Å²) in [5.41, 5.74) is 11.3. The Kier molecular flexibility index (Phi) is 2.60. The largest absolute Gasteiger partial charge is 0.504 e. The summed E-state index contributed by atoms with van der Waals surface area (Å²) in [6, 6.07) is 2.08. The van der Waals surface area contributed by atoms with E-state index in [0.29, 0.717) is 5.56 Å². The Balaban J connectivity index is 3.13. The van der Waals surface area contributed by atoms with E-state index in [4.69, 9.17) is 26.8 Å². The van der Waals surface area contributed by atoms with Crippen molar-refractivity contribution >= 4 is 0 Å². The molecule has 0 spiro atoms. The third-order valence-corrected chi connectivity index (χ3v) is 1.77. The zero-order valence-electron chi connectivity index (χ0n) is 6.94. The highest BCUT2D eigenvalue weighted by Crippen LogP contribution is 2.36. The normalized spacial score (nSPS) is 12.8. The van der Waals surface area contributed by atoms with Crippen LogP contribution in [-0.4, -0.2) is 21.9 Å². The van der Waals surface area contributed by atoms with E-state index in [-0.39, 0.29) is 6.54 Å². The van der Waals surface area contributed by atoms with Crippen LogP contribution in [-0.2, 0) is 0 Å². The lowest BCUT2D eigenvalue weighted by molar-refractivity contribution is 0.366. The molecule has 0 aliphatic carbocycles. The van der Waals surface area contributed by atoms with Crippen LogP contribution in [0.25, 0.3) is 0 Å². The predicted octanol–water partition coefficient (Wildman–Crippen LogP) is -0.238. The van der Waals surface area contributed by atoms with Crippen molar-refractivity contribution in [2.75, 3.05) is 6.54 Å². The lowest BCUT2D eigenvalue weighted by atomic mass is 10.1. The molecule has 0 amide bonds. The van der Waals surface area contributed by atoms with E-state index in [1.54, 1.807) is 0 Å². The van der Waals surface area contributed by atoms with Crippen LogP contribution < -0.4 is 11.5 Å². The minimum Gasteiger partial charge on any atom is -0.504 e. The van der Waals surface area contributed by atoms with E-state index >= 15 is 0 Å². The van der Waals surface area contributed by atoms with Crippen LogP contribution in [0.1, 0.15) is 11.6 Å². The van der Waals surface area contributed by atoms with Crippen molar-refractivity contribution in [1.29, 1.82) is 0 Å². The van der Waals surface area contributed by atoms with Gasteiger partial charge in [-0.2, -0.15) is 0 Å². The van der Waals surface area contributed by atoms with Crippen molar-refractivity contribution in [3.63, 3.8) is 0 Å². The van der Waals surface area contributed by atoms with Gasteiger partial charge in [0.2, 0.25) is 0 Å². The number of rotatable bonds is 2. The smallest absolute Gasteiger partial charge is 0.200 e. The Morgan fingerprint density at radius 1 is 1.15 bits per heavy atom. The van der Waals surface area contributed by atoms with Crippen molar-refractivity contribution in [2.45, 2.75) is 6.04 Å². The molecule has 0 saturated carbocycles. The van der Waals surface area contributed by atoms with Crippen LogP contribution in [0.2, 0.25) is 0 Å². The van der Waals surface area contributed by atoms with Gasteiger partial charge in [0.1, 0.15) is 0 Å². The van der Waals surface area contributed by atoms with Crippen molar-refractivity contribution in [3.8, 4) is 17.2 Å². The van der Waals surface area contributed by atoms with E-state index in [2.05, 4.69) is 0 Å². The maximum atomic E-state index is 9.12. The molecular weight excluding hydrogens is 172 g/mol. The maximum Gasteiger partial charge on any atom is 0.200 e. The number of phenols is 3. The molecule has 1 aromatic carbocycles. The number of aromatic hydroxyl groups is 3. The number of phenolic OH excluding ortho intramolecular Hbond substituents is 3. The third kappa shape index (κ3) is 1.82. The fraction of sp³-hybridized carbons (Fsp3) is 0.250.